The molecule has 0 bridgehead atoms. The molecule has 0 saturated heterocycles. The fraction of sp³-hybridized carbons (Fsp3) is 0.562. The maximum Gasteiger partial charge on any atom is 0.230 e. The number of hydrogen-bond donors (Lipinski definition) is 2. The van der Waals surface area contributed by atoms with Crippen molar-refractivity contribution < 1.29 is 9.90 Å². The van der Waals surface area contributed by atoms with Crippen LogP contribution in [0.2, 0.25) is 0 Å². The van der Waals surface area contributed by atoms with E-state index in [4.69, 9.17) is 0 Å². The van der Waals surface area contributed by atoms with E-state index in [2.05, 4.69) is 12.2 Å². The summed E-state index contributed by atoms with van der Waals surface area (Å²) in [6.07, 6.45) is 3.91. The molecule has 0 radical (unpaired) electrons. The normalized spacial score (nSPS) is 26.2. The number of aliphatic hydroxyl groups excluding tert-OH is 1. The minimum absolute atomic E-state index is 0.0162. The van der Waals surface area contributed by atoms with Crippen LogP contribution in [0.4, 0.5) is 0 Å². The number of aliphatic hydroxyl groups is 1. The summed E-state index contributed by atoms with van der Waals surface area (Å²) in [6, 6.07) is 9.91. The topological polar surface area (TPSA) is 49.3 Å². The van der Waals surface area contributed by atoms with Crippen molar-refractivity contribution in [1.82, 2.24) is 5.32 Å². The summed E-state index contributed by atoms with van der Waals surface area (Å²) in [5.41, 5.74) is -0.388. The SMILES string of the molecule is CC1CCC(CO)(NC(=O)CSc2ccccc2)CC1. The monoisotopic (exact) mass is 293 g/mol. The summed E-state index contributed by atoms with van der Waals surface area (Å²) in [4.78, 5) is 13.2. The quantitative estimate of drug-likeness (QED) is 0.821. The van der Waals surface area contributed by atoms with Crippen molar-refractivity contribution in [3.05, 3.63) is 30.3 Å². The molecule has 1 saturated carbocycles. The van der Waals surface area contributed by atoms with Crippen LogP contribution in [0.1, 0.15) is 32.6 Å². The molecule has 3 nitrogen and oxygen atoms in total. The van der Waals surface area contributed by atoms with Gasteiger partial charge in [-0.1, -0.05) is 25.1 Å². The Kier molecular flexibility index (Phi) is 5.49. The van der Waals surface area contributed by atoms with Gasteiger partial charge in [0.2, 0.25) is 5.91 Å². The standard InChI is InChI=1S/C16H23NO2S/c1-13-7-9-16(12-18,10-8-13)17-15(19)11-20-14-5-3-2-4-6-14/h2-6,13,18H,7-12H2,1H3,(H,17,19). The Morgan fingerprint density at radius 3 is 2.60 bits per heavy atom. The van der Waals surface area contributed by atoms with Crippen molar-refractivity contribution in [3.63, 3.8) is 0 Å². The summed E-state index contributed by atoms with van der Waals surface area (Å²) in [7, 11) is 0. The van der Waals surface area contributed by atoms with E-state index in [1.165, 1.54) is 11.8 Å². The van der Waals surface area contributed by atoms with Crippen molar-refractivity contribution in [2.75, 3.05) is 12.4 Å². The van der Waals surface area contributed by atoms with E-state index < -0.39 is 0 Å². The lowest BCUT2D eigenvalue weighted by molar-refractivity contribution is -0.121. The molecule has 1 aromatic rings. The van der Waals surface area contributed by atoms with Gasteiger partial charge < -0.3 is 10.4 Å². The van der Waals surface area contributed by atoms with Crippen LogP contribution < -0.4 is 5.32 Å². The van der Waals surface area contributed by atoms with Gasteiger partial charge in [0.25, 0.3) is 0 Å². The molecule has 1 aliphatic rings. The molecule has 1 fully saturated rings. The molecular weight excluding hydrogens is 270 g/mol. The summed E-state index contributed by atoms with van der Waals surface area (Å²) in [5.74, 6) is 1.12. The Labute approximate surface area is 125 Å². The maximum absolute atomic E-state index is 12.1. The van der Waals surface area contributed by atoms with Crippen LogP contribution in [-0.2, 0) is 4.79 Å². The number of nitrogens with one attached hydrogen (secondary N) is 1. The van der Waals surface area contributed by atoms with Crippen molar-refractivity contribution in [2.24, 2.45) is 5.92 Å². The predicted octanol–water partition coefficient (Wildman–Crippen LogP) is 2.84. The van der Waals surface area contributed by atoms with E-state index in [9.17, 15) is 9.90 Å². The molecule has 0 heterocycles. The Morgan fingerprint density at radius 2 is 2.00 bits per heavy atom. The third-order valence-electron chi connectivity index (χ3n) is 4.05. The first-order valence-corrected chi connectivity index (χ1v) is 8.22. The molecule has 110 valence electrons. The fourth-order valence-electron chi connectivity index (χ4n) is 2.63. The van der Waals surface area contributed by atoms with Gasteiger partial charge >= 0.3 is 0 Å². The van der Waals surface area contributed by atoms with Crippen LogP contribution in [0.25, 0.3) is 0 Å². The van der Waals surface area contributed by atoms with E-state index in [1.54, 1.807) is 0 Å². The molecule has 0 atom stereocenters. The van der Waals surface area contributed by atoms with Gasteiger partial charge in [-0.2, -0.15) is 0 Å². The van der Waals surface area contributed by atoms with E-state index in [-0.39, 0.29) is 18.1 Å². The molecule has 2 N–H and O–H groups in total. The minimum Gasteiger partial charge on any atom is -0.394 e. The van der Waals surface area contributed by atoms with Gasteiger partial charge in [-0.05, 0) is 43.7 Å². The second kappa shape index (κ2) is 7.14. The molecule has 1 amide bonds. The number of amides is 1. The van der Waals surface area contributed by atoms with Crippen LogP contribution in [0.5, 0.6) is 0 Å². The van der Waals surface area contributed by atoms with Gasteiger partial charge in [0.05, 0.1) is 17.9 Å². The van der Waals surface area contributed by atoms with Crippen molar-refractivity contribution in [3.8, 4) is 0 Å². The van der Waals surface area contributed by atoms with Crippen LogP contribution in [0, 0.1) is 5.92 Å². The second-order valence-corrected chi connectivity index (χ2v) is 6.82. The van der Waals surface area contributed by atoms with Crippen LogP contribution in [-0.4, -0.2) is 28.9 Å². The third kappa shape index (κ3) is 4.25. The summed E-state index contributed by atoms with van der Waals surface area (Å²) < 4.78 is 0. The van der Waals surface area contributed by atoms with Crippen LogP contribution in [0.15, 0.2) is 35.2 Å². The lowest BCUT2D eigenvalue weighted by Crippen LogP contribution is -2.53. The lowest BCUT2D eigenvalue weighted by atomic mass is 9.77. The Bertz CT molecular complexity index is 427. The van der Waals surface area contributed by atoms with E-state index in [1.807, 2.05) is 30.3 Å². The minimum atomic E-state index is -0.388. The molecular formula is C16H23NO2S. The number of carbonyl (C=O) groups excluding carboxylic acids is 1. The first-order valence-electron chi connectivity index (χ1n) is 7.23. The molecule has 0 aromatic heterocycles. The van der Waals surface area contributed by atoms with Gasteiger partial charge in [-0.3, -0.25) is 4.79 Å². The average Bonchev–Trinajstić information content (AvgIpc) is 2.49. The van der Waals surface area contributed by atoms with Gasteiger partial charge in [-0.25, -0.2) is 0 Å². The zero-order chi connectivity index (χ0) is 14.4. The highest BCUT2D eigenvalue weighted by atomic mass is 32.2. The lowest BCUT2D eigenvalue weighted by Gasteiger charge is -2.38. The highest BCUT2D eigenvalue weighted by Crippen LogP contribution is 2.31. The van der Waals surface area contributed by atoms with E-state index in [0.717, 1.165) is 30.6 Å². The van der Waals surface area contributed by atoms with Crippen molar-refractivity contribution >= 4 is 17.7 Å². The molecule has 0 aliphatic heterocycles. The number of benzene rings is 1. The van der Waals surface area contributed by atoms with Gasteiger partial charge in [0, 0.05) is 4.90 Å². The zero-order valence-electron chi connectivity index (χ0n) is 12.0. The second-order valence-electron chi connectivity index (χ2n) is 5.77. The van der Waals surface area contributed by atoms with Crippen LogP contribution >= 0.6 is 11.8 Å². The van der Waals surface area contributed by atoms with Crippen molar-refractivity contribution in [2.45, 2.75) is 43.0 Å². The number of thioether (sulfide) groups is 1. The smallest absolute Gasteiger partial charge is 0.230 e. The summed E-state index contributed by atoms with van der Waals surface area (Å²) in [5, 5.41) is 12.7. The highest BCUT2D eigenvalue weighted by Gasteiger charge is 2.34. The van der Waals surface area contributed by atoms with Crippen LogP contribution in [0.3, 0.4) is 0 Å². The molecule has 4 heteroatoms. The fourth-order valence-corrected chi connectivity index (χ4v) is 3.35. The Balaban J connectivity index is 1.83. The Morgan fingerprint density at radius 1 is 1.35 bits per heavy atom. The first-order chi connectivity index (χ1) is 9.63. The largest absolute Gasteiger partial charge is 0.394 e. The first kappa shape index (κ1) is 15.4. The third-order valence-corrected chi connectivity index (χ3v) is 5.06. The molecule has 0 unspecified atom stereocenters. The van der Waals surface area contributed by atoms with Crippen molar-refractivity contribution in [1.29, 1.82) is 0 Å². The molecule has 2 rings (SSSR count). The maximum atomic E-state index is 12.1. The van der Waals surface area contributed by atoms with Gasteiger partial charge in [0.1, 0.15) is 0 Å². The molecule has 1 aliphatic carbocycles. The highest BCUT2D eigenvalue weighted by molar-refractivity contribution is 8.00. The van der Waals surface area contributed by atoms with E-state index >= 15 is 0 Å². The van der Waals surface area contributed by atoms with E-state index in [0.29, 0.717) is 11.7 Å². The number of rotatable bonds is 5. The summed E-state index contributed by atoms with van der Waals surface area (Å²) >= 11 is 1.53. The zero-order valence-corrected chi connectivity index (χ0v) is 12.8. The van der Waals surface area contributed by atoms with Gasteiger partial charge in [-0.15, -0.1) is 11.8 Å². The molecule has 1 aromatic carbocycles. The summed E-state index contributed by atoms with van der Waals surface area (Å²) in [6.45, 7) is 2.27. The predicted molar refractivity (Wildman–Crippen MR) is 82.8 cm³/mol. The molecule has 0 spiro atoms. The number of hydrogen-bond acceptors (Lipinski definition) is 3. The van der Waals surface area contributed by atoms with Gasteiger partial charge in [0.15, 0.2) is 0 Å². The Hall–Kier alpha value is -1.00. The average molecular weight is 293 g/mol. The number of carbonyl (C=O) groups is 1. The molecule has 20 heavy (non-hydrogen) atoms.